The van der Waals surface area contributed by atoms with E-state index in [1.807, 2.05) is 12.1 Å². The zero-order chi connectivity index (χ0) is 31.3. The highest BCUT2D eigenvalue weighted by Gasteiger charge is 2.59. The Morgan fingerprint density at radius 3 is 2.50 bits per heavy atom. The number of ether oxygens (including phenoxy) is 4. The third kappa shape index (κ3) is 5.79. The molecule has 2 saturated heterocycles. The van der Waals surface area contributed by atoms with Crippen LogP contribution in [0, 0.1) is 0 Å². The summed E-state index contributed by atoms with van der Waals surface area (Å²) in [7, 11) is 1.57. The molecule has 0 radical (unpaired) electrons. The Morgan fingerprint density at radius 1 is 1.07 bits per heavy atom. The predicted octanol–water partition coefficient (Wildman–Crippen LogP) is 2.39. The number of methoxy groups -OCH3 is 1. The van der Waals surface area contributed by atoms with Crippen molar-refractivity contribution < 1.29 is 43.9 Å². The molecule has 0 unspecified atom stereocenters. The number of nitrogens with zero attached hydrogens (tertiary/aromatic N) is 2. The highest BCUT2D eigenvalue weighted by atomic mass is 16.7. The molecule has 3 N–H and O–H groups in total. The van der Waals surface area contributed by atoms with Gasteiger partial charge in [-0.1, -0.05) is 0 Å². The number of carbonyl (C=O) groups is 2. The van der Waals surface area contributed by atoms with Gasteiger partial charge in [0.2, 0.25) is 12.7 Å². The summed E-state index contributed by atoms with van der Waals surface area (Å²) in [6, 6.07) is 4.03. The molecule has 2 fully saturated rings. The van der Waals surface area contributed by atoms with E-state index in [0.717, 1.165) is 43.5 Å². The molecule has 11 heteroatoms. The number of hydrogen-bond acceptors (Lipinski definition) is 10. The van der Waals surface area contributed by atoms with E-state index in [-0.39, 0.29) is 25.0 Å². The monoisotopic (exact) mass is 614 g/mol. The Morgan fingerprint density at radius 2 is 1.80 bits per heavy atom. The molecule has 1 spiro atoms. The van der Waals surface area contributed by atoms with Crippen molar-refractivity contribution in [2.75, 3.05) is 40.1 Å². The largest absolute Gasteiger partial charge is 0.497 e. The molecular formula is C33H46N2O9. The highest BCUT2D eigenvalue weighted by molar-refractivity contribution is 5.88. The van der Waals surface area contributed by atoms with E-state index in [2.05, 4.69) is 11.0 Å². The minimum absolute atomic E-state index is 0.0476. The van der Waals surface area contributed by atoms with Crippen LogP contribution in [0.1, 0.15) is 82.3 Å². The van der Waals surface area contributed by atoms with Crippen molar-refractivity contribution in [2.24, 2.45) is 0 Å². The van der Waals surface area contributed by atoms with Crippen molar-refractivity contribution in [3.05, 3.63) is 35.1 Å². The van der Waals surface area contributed by atoms with Gasteiger partial charge >= 0.3 is 5.97 Å². The number of carbonyl (C=O) groups excluding carboxylic acids is 2. The number of rotatable bonds is 9. The Labute approximate surface area is 258 Å². The summed E-state index contributed by atoms with van der Waals surface area (Å²) < 4.78 is 23.6. The lowest BCUT2D eigenvalue weighted by atomic mass is 9.77. The maximum Gasteiger partial charge on any atom is 0.339 e. The van der Waals surface area contributed by atoms with Gasteiger partial charge in [0.25, 0.3) is 0 Å². The van der Waals surface area contributed by atoms with Crippen molar-refractivity contribution in [2.45, 2.75) is 107 Å². The van der Waals surface area contributed by atoms with E-state index in [1.165, 1.54) is 0 Å². The number of esters is 1. The summed E-state index contributed by atoms with van der Waals surface area (Å²) >= 11 is 0. The maximum atomic E-state index is 14.2. The highest BCUT2D eigenvalue weighted by Crippen LogP contribution is 2.55. The SMILES string of the molecule is COC1=C[C@]23CCCN2CCc2cc4c(cc2[C@@H]3[C@@H]1OC(=O)[C@@](O)(CCCC(C)(C)O)CC(=O)N1CCC(O)CC1)OCO4. The number of aliphatic hydroxyl groups is 3. The van der Waals surface area contributed by atoms with Crippen LogP contribution in [-0.4, -0.2) is 106 Å². The Kier molecular flexibility index (Phi) is 8.36. The second-order valence-electron chi connectivity index (χ2n) is 13.8. The summed E-state index contributed by atoms with van der Waals surface area (Å²) in [5.74, 6) is 0.337. The number of fused-ring (bicyclic) bond motifs is 3. The Bertz CT molecular complexity index is 1300. The summed E-state index contributed by atoms with van der Waals surface area (Å²) in [4.78, 5) is 31.6. The lowest BCUT2D eigenvalue weighted by Gasteiger charge is -2.40. The van der Waals surface area contributed by atoms with Crippen LogP contribution in [0.25, 0.3) is 0 Å². The third-order valence-electron chi connectivity index (χ3n) is 10.2. The average molecular weight is 615 g/mol. The van der Waals surface area contributed by atoms with Crippen LogP contribution >= 0.6 is 0 Å². The van der Waals surface area contributed by atoms with Gasteiger partial charge in [0.15, 0.2) is 23.2 Å². The molecule has 1 amide bonds. The van der Waals surface area contributed by atoms with Gasteiger partial charge in [-0.3, -0.25) is 9.69 Å². The second kappa shape index (κ2) is 11.8. The third-order valence-corrected chi connectivity index (χ3v) is 10.2. The number of likely N-dealkylation sites (tertiary alicyclic amines) is 1. The van der Waals surface area contributed by atoms with Crippen molar-refractivity contribution in [1.29, 1.82) is 0 Å². The molecule has 242 valence electrons. The van der Waals surface area contributed by atoms with Gasteiger partial charge in [0.1, 0.15) is 5.76 Å². The molecule has 1 aromatic rings. The van der Waals surface area contributed by atoms with Crippen LogP contribution in [0.5, 0.6) is 11.5 Å². The zero-order valence-electron chi connectivity index (χ0n) is 26.0. The molecule has 0 bridgehead atoms. The van der Waals surface area contributed by atoms with E-state index in [0.29, 0.717) is 56.0 Å². The minimum Gasteiger partial charge on any atom is -0.497 e. The van der Waals surface area contributed by atoms with E-state index in [9.17, 15) is 24.9 Å². The van der Waals surface area contributed by atoms with Crippen molar-refractivity contribution in [1.82, 2.24) is 9.80 Å². The first-order valence-corrected chi connectivity index (χ1v) is 16.0. The van der Waals surface area contributed by atoms with E-state index < -0.39 is 41.3 Å². The first-order valence-electron chi connectivity index (χ1n) is 16.0. The van der Waals surface area contributed by atoms with Gasteiger partial charge < -0.3 is 39.2 Å². The summed E-state index contributed by atoms with van der Waals surface area (Å²) in [6.45, 7) is 5.96. The molecule has 44 heavy (non-hydrogen) atoms. The fourth-order valence-corrected chi connectivity index (χ4v) is 7.87. The molecule has 4 atom stereocenters. The first-order chi connectivity index (χ1) is 20.9. The summed E-state index contributed by atoms with van der Waals surface area (Å²) in [6.07, 6.45) is 4.54. The van der Waals surface area contributed by atoms with Crippen molar-refractivity contribution in [3.63, 3.8) is 0 Å². The number of hydrogen-bond donors (Lipinski definition) is 3. The number of piperidine rings is 1. The van der Waals surface area contributed by atoms with Gasteiger partial charge in [0.05, 0.1) is 36.7 Å². The van der Waals surface area contributed by atoms with E-state index in [4.69, 9.17) is 18.9 Å². The normalized spacial score (nSPS) is 28.0. The Hall–Kier alpha value is -2.86. The van der Waals surface area contributed by atoms with Crippen LogP contribution < -0.4 is 9.47 Å². The van der Waals surface area contributed by atoms with Gasteiger partial charge in [-0.15, -0.1) is 0 Å². The molecule has 1 aliphatic carbocycles. The van der Waals surface area contributed by atoms with Crippen LogP contribution in [0.15, 0.2) is 24.0 Å². The molecule has 4 aliphatic heterocycles. The summed E-state index contributed by atoms with van der Waals surface area (Å²) in [5, 5.41) is 32.2. The molecule has 6 rings (SSSR count). The zero-order valence-corrected chi connectivity index (χ0v) is 26.0. The van der Waals surface area contributed by atoms with Crippen LogP contribution in [0.4, 0.5) is 0 Å². The van der Waals surface area contributed by atoms with Crippen molar-refractivity contribution >= 4 is 11.9 Å². The van der Waals surface area contributed by atoms with Gasteiger partial charge in [-0.05, 0) is 101 Å². The maximum absolute atomic E-state index is 14.2. The van der Waals surface area contributed by atoms with Crippen LogP contribution in [-0.2, 0) is 25.5 Å². The number of benzene rings is 1. The summed E-state index contributed by atoms with van der Waals surface area (Å²) in [5.41, 5.74) is -1.43. The van der Waals surface area contributed by atoms with Crippen LogP contribution in [0.2, 0.25) is 0 Å². The fraction of sp³-hybridized carbons (Fsp3) is 0.697. The minimum atomic E-state index is -2.11. The van der Waals surface area contributed by atoms with Crippen LogP contribution in [0.3, 0.4) is 0 Å². The standard InChI is InChI=1S/C33H46N2O9/c1-31(2,39)9-4-11-33(40,19-27(37)34-13-7-22(36)8-14-34)30(38)44-29-26(41-3)18-32-10-5-12-35(32)15-6-21-16-24-25(43-20-42-24)17-23(21)28(29)32/h16-18,22,28-29,36,39-40H,4-15,19-20H2,1-3H3/t28-,29-,32+,33-/m1/s1. The quantitative estimate of drug-likeness (QED) is 0.356. The lowest BCUT2D eigenvalue weighted by Crippen LogP contribution is -2.51. The number of amides is 1. The smallest absolute Gasteiger partial charge is 0.339 e. The Balaban J connectivity index is 1.31. The molecule has 1 aromatic carbocycles. The van der Waals surface area contributed by atoms with E-state index >= 15 is 0 Å². The van der Waals surface area contributed by atoms with Gasteiger partial charge in [0, 0.05) is 19.6 Å². The van der Waals surface area contributed by atoms with E-state index in [1.54, 1.807) is 25.9 Å². The topological polar surface area (TPSA) is 138 Å². The first kappa shape index (κ1) is 31.1. The van der Waals surface area contributed by atoms with Gasteiger partial charge in [-0.25, -0.2) is 4.79 Å². The molecule has 4 heterocycles. The molecule has 0 aromatic heterocycles. The average Bonchev–Trinajstić information content (AvgIpc) is 3.66. The van der Waals surface area contributed by atoms with Gasteiger partial charge in [-0.2, -0.15) is 0 Å². The second-order valence-corrected chi connectivity index (χ2v) is 13.8. The predicted molar refractivity (Wildman–Crippen MR) is 159 cm³/mol. The molecule has 11 nitrogen and oxygen atoms in total. The number of aliphatic hydroxyl groups excluding tert-OH is 1. The molecule has 0 saturated carbocycles. The fourth-order valence-electron chi connectivity index (χ4n) is 7.87. The lowest BCUT2D eigenvalue weighted by molar-refractivity contribution is -0.177. The molecule has 5 aliphatic rings. The molecular weight excluding hydrogens is 568 g/mol. The van der Waals surface area contributed by atoms with Crippen molar-refractivity contribution in [3.8, 4) is 11.5 Å².